The van der Waals surface area contributed by atoms with E-state index in [0.29, 0.717) is 38.2 Å². The molecule has 162 valence electrons. The highest BCUT2D eigenvalue weighted by atomic mass is 32.2. The number of rotatable bonds is 4. The van der Waals surface area contributed by atoms with E-state index < -0.39 is 21.4 Å². The minimum Gasteiger partial charge on any atom is -0.495 e. The van der Waals surface area contributed by atoms with Gasteiger partial charge in [0.15, 0.2) is 0 Å². The quantitative estimate of drug-likeness (QED) is 0.734. The van der Waals surface area contributed by atoms with Crippen LogP contribution >= 0.6 is 0 Å². The van der Waals surface area contributed by atoms with Crippen molar-refractivity contribution in [3.05, 3.63) is 47.3 Å². The van der Waals surface area contributed by atoms with E-state index >= 15 is 0 Å². The monoisotopic (exact) mass is 435 g/mol. The van der Waals surface area contributed by atoms with E-state index in [2.05, 4.69) is 4.98 Å². The molecule has 1 saturated heterocycles. The first-order valence-electron chi connectivity index (χ1n) is 10.1. The van der Waals surface area contributed by atoms with Gasteiger partial charge in [0, 0.05) is 25.2 Å². The summed E-state index contributed by atoms with van der Waals surface area (Å²) in [6, 6.07) is 3.51. The van der Waals surface area contributed by atoms with Gasteiger partial charge in [-0.25, -0.2) is 22.8 Å². The summed E-state index contributed by atoms with van der Waals surface area (Å²) in [5.74, 6) is 0.347. The van der Waals surface area contributed by atoms with Gasteiger partial charge in [-0.3, -0.25) is 0 Å². The van der Waals surface area contributed by atoms with Crippen LogP contribution < -0.4 is 4.74 Å². The predicted octanol–water partition coefficient (Wildman–Crippen LogP) is 3.00. The van der Waals surface area contributed by atoms with Crippen LogP contribution in [0.25, 0.3) is 0 Å². The second kappa shape index (κ2) is 7.86. The van der Waals surface area contributed by atoms with E-state index in [1.807, 2.05) is 20.0 Å². The fourth-order valence-corrected chi connectivity index (χ4v) is 5.89. The summed E-state index contributed by atoms with van der Waals surface area (Å²) >= 11 is 0. The average molecular weight is 436 g/mol. The normalized spacial score (nSPS) is 22.3. The van der Waals surface area contributed by atoms with E-state index in [-0.39, 0.29) is 23.1 Å². The Labute approximate surface area is 176 Å². The first-order valence-corrected chi connectivity index (χ1v) is 11.5. The van der Waals surface area contributed by atoms with Gasteiger partial charge in [0.25, 0.3) is 0 Å². The molecule has 4 rings (SSSR count). The molecule has 2 aliphatic heterocycles. The van der Waals surface area contributed by atoms with Gasteiger partial charge in [0.05, 0.1) is 19.4 Å². The van der Waals surface area contributed by atoms with Crippen molar-refractivity contribution in [1.82, 2.24) is 14.3 Å². The Balaban J connectivity index is 1.75. The minimum atomic E-state index is -3.99. The van der Waals surface area contributed by atoms with Crippen LogP contribution in [-0.4, -0.2) is 49.5 Å². The van der Waals surface area contributed by atoms with E-state index in [9.17, 15) is 12.8 Å². The second-order valence-corrected chi connectivity index (χ2v) is 9.99. The van der Waals surface area contributed by atoms with Crippen LogP contribution in [0, 0.1) is 5.82 Å². The molecule has 2 aliphatic rings. The van der Waals surface area contributed by atoms with Gasteiger partial charge in [-0.15, -0.1) is 0 Å². The smallest absolute Gasteiger partial charge is 0.246 e. The SMILES string of the molecule is COc1ccc(F)cc1S(=O)(=O)N1CCCC2(C1)OCCc1cnc(C(C)C)nc12. The molecule has 0 aliphatic carbocycles. The molecule has 0 N–H and O–H groups in total. The summed E-state index contributed by atoms with van der Waals surface area (Å²) in [4.78, 5) is 9.07. The molecule has 1 spiro atoms. The minimum absolute atomic E-state index is 0.116. The third kappa shape index (κ3) is 3.59. The lowest BCUT2D eigenvalue weighted by molar-refractivity contribution is -0.0936. The van der Waals surface area contributed by atoms with E-state index in [4.69, 9.17) is 14.5 Å². The highest BCUT2D eigenvalue weighted by Gasteiger charge is 2.46. The number of fused-ring (bicyclic) bond motifs is 2. The Morgan fingerprint density at radius 2 is 2.13 bits per heavy atom. The highest BCUT2D eigenvalue weighted by molar-refractivity contribution is 7.89. The molecule has 1 atom stereocenters. The summed E-state index contributed by atoms with van der Waals surface area (Å²) in [6.45, 7) is 4.97. The maximum Gasteiger partial charge on any atom is 0.246 e. The summed E-state index contributed by atoms with van der Waals surface area (Å²) in [5, 5.41) is 0. The van der Waals surface area contributed by atoms with E-state index in [1.165, 1.54) is 23.5 Å². The molecule has 1 fully saturated rings. The van der Waals surface area contributed by atoms with Crippen molar-refractivity contribution in [1.29, 1.82) is 0 Å². The lowest BCUT2D eigenvalue weighted by Crippen LogP contribution is -2.52. The third-order valence-electron chi connectivity index (χ3n) is 5.74. The van der Waals surface area contributed by atoms with Gasteiger partial charge < -0.3 is 9.47 Å². The van der Waals surface area contributed by atoms with Crippen molar-refractivity contribution in [3.63, 3.8) is 0 Å². The Kier molecular flexibility index (Phi) is 5.54. The standard InChI is InChI=1S/C21H26FN3O4S/c1-14(2)20-23-12-15-7-10-29-21(19(15)24-20)8-4-9-25(13-21)30(26,27)18-11-16(22)5-6-17(18)28-3/h5-6,11-12,14H,4,7-10,13H2,1-3H3. The van der Waals surface area contributed by atoms with Crippen molar-refractivity contribution < 1.29 is 22.3 Å². The van der Waals surface area contributed by atoms with Crippen LogP contribution in [0.2, 0.25) is 0 Å². The van der Waals surface area contributed by atoms with Crippen LogP contribution in [0.4, 0.5) is 4.39 Å². The van der Waals surface area contributed by atoms with Gasteiger partial charge in [0.2, 0.25) is 10.0 Å². The molecule has 0 saturated carbocycles. The molecule has 1 aromatic carbocycles. The lowest BCUT2D eigenvalue weighted by Gasteiger charge is -2.44. The Bertz CT molecular complexity index is 1060. The summed E-state index contributed by atoms with van der Waals surface area (Å²) in [5.41, 5.74) is 0.943. The molecule has 1 unspecified atom stereocenters. The molecule has 2 aromatic rings. The number of benzene rings is 1. The topological polar surface area (TPSA) is 81.6 Å². The average Bonchev–Trinajstić information content (AvgIpc) is 2.74. The van der Waals surface area contributed by atoms with Crippen LogP contribution in [0.3, 0.4) is 0 Å². The van der Waals surface area contributed by atoms with E-state index in [0.717, 1.165) is 17.3 Å². The number of sulfonamides is 1. The number of nitrogens with zero attached hydrogens (tertiary/aromatic N) is 3. The van der Waals surface area contributed by atoms with Crippen molar-refractivity contribution in [2.45, 2.75) is 49.5 Å². The molecule has 1 aromatic heterocycles. The van der Waals surface area contributed by atoms with Gasteiger partial charge in [-0.1, -0.05) is 13.8 Å². The van der Waals surface area contributed by atoms with Crippen LogP contribution in [0.5, 0.6) is 5.75 Å². The molecule has 7 nitrogen and oxygen atoms in total. The van der Waals surface area contributed by atoms with Gasteiger partial charge in [0.1, 0.15) is 27.9 Å². The zero-order chi connectivity index (χ0) is 21.5. The zero-order valence-electron chi connectivity index (χ0n) is 17.4. The molecule has 0 amide bonds. The van der Waals surface area contributed by atoms with Crippen LogP contribution in [0.15, 0.2) is 29.3 Å². The van der Waals surface area contributed by atoms with Gasteiger partial charge >= 0.3 is 0 Å². The third-order valence-corrected chi connectivity index (χ3v) is 7.61. The Morgan fingerprint density at radius 3 is 2.87 bits per heavy atom. The number of halogens is 1. The van der Waals surface area contributed by atoms with Crippen molar-refractivity contribution in [3.8, 4) is 5.75 Å². The predicted molar refractivity (Wildman–Crippen MR) is 108 cm³/mol. The Hall–Kier alpha value is -2.10. The maximum absolute atomic E-state index is 13.9. The van der Waals surface area contributed by atoms with Crippen molar-refractivity contribution >= 4 is 10.0 Å². The summed E-state index contributed by atoms with van der Waals surface area (Å²) < 4.78 is 53.5. The number of piperidine rings is 1. The number of methoxy groups -OCH3 is 1. The molecule has 9 heteroatoms. The molecule has 0 bridgehead atoms. The largest absolute Gasteiger partial charge is 0.495 e. The number of hydrogen-bond acceptors (Lipinski definition) is 6. The summed E-state index contributed by atoms with van der Waals surface area (Å²) in [6.07, 6.45) is 3.81. The maximum atomic E-state index is 13.9. The Morgan fingerprint density at radius 1 is 1.33 bits per heavy atom. The number of ether oxygens (including phenoxy) is 2. The summed E-state index contributed by atoms with van der Waals surface area (Å²) in [7, 11) is -2.62. The highest BCUT2D eigenvalue weighted by Crippen LogP contribution is 2.41. The molecular weight excluding hydrogens is 409 g/mol. The molecule has 30 heavy (non-hydrogen) atoms. The molecular formula is C21H26FN3O4S. The van der Waals surface area contributed by atoms with Gasteiger partial charge in [-0.05, 0) is 43.0 Å². The van der Waals surface area contributed by atoms with E-state index in [1.54, 1.807) is 0 Å². The lowest BCUT2D eigenvalue weighted by atomic mass is 9.85. The molecule has 3 heterocycles. The fraction of sp³-hybridized carbons (Fsp3) is 0.524. The zero-order valence-corrected chi connectivity index (χ0v) is 18.2. The number of hydrogen-bond donors (Lipinski definition) is 0. The van der Waals surface area contributed by atoms with Crippen LogP contribution in [0.1, 0.15) is 49.7 Å². The first-order chi connectivity index (χ1) is 14.3. The van der Waals surface area contributed by atoms with Gasteiger partial charge in [-0.2, -0.15) is 4.31 Å². The van der Waals surface area contributed by atoms with Crippen molar-refractivity contribution in [2.24, 2.45) is 0 Å². The fourth-order valence-electron chi connectivity index (χ4n) is 4.19. The number of aromatic nitrogens is 2. The van der Waals surface area contributed by atoms with Crippen LogP contribution in [-0.2, 0) is 26.8 Å². The van der Waals surface area contributed by atoms with Crippen molar-refractivity contribution in [2.75, 3.05) is 26.8 Å². The molecule has 0 radical (unpaired) electrons. The first kappa shape index (κ1) is 21.1. The second-order valence-electron chi connectivity index (χ2n) is 8.09.